The van der Waals surface area contributed by atoms with Crippen molar-refractivity contribution in [2.24, 2.45) is 5.41 Å². The summed E-state index contributed by atoms with van der Waals surface area (Å²) in [6.07, 6.45) is 8.86. The molecule has 0 fully saturated rings. The number of carboxylic acid groups (broad SMARTS) is 1. The fourth-order valence-electron chi connectivity index (χ4n) is 4.62. The molecular weight excluding hydrogens is 500 g/mol. The number of benzene rings is 2. The normalized spacial score (nSPS) is 11.6. The molecule has 212 valence electrons. The number of carbonyl (C=O) groups excluding carboxylic acids is 1. The topological polar surface area (TPSA) is 88.5 Å². The van der Waals surface area contributed by atoms with Gasteiger partial charge in [0, 0.05) is 18.7 Å². The van der Waals surface area contributed by atoms with Crippen LogP contribution in [0.5, 0.6) is 0 Å². The van der Waals surface area contributed by atoms with E-state index in [9.17, 15) is 14.7 Å². The number of nitrogens with one attached hydrogen (secondary N) is 1. The number of pyridine rings is 1. The number of carbonyl (C=O) groups is 2. The SMILES string of the molecule is CCc1ccc(CCCCOCc2cccc(/C=C/c3cccc(NC(=O)CC(CC)(CC)C(=O)O)c3)n2)cc1. The molecule has 0 saturated heterocycles. The fraction of sp³-hybridized carbons (Fsp3) is 0.382. The summed E-state index contributed by atoms with van der Waals surface area (Å²) in [5.41, 5.74) is 4.95. The van der Waals surface area contributed by atoms with E-state index in [-0.39, 0.29) is 12.3 Å². The lowest BCUT2D eigenvalue weighted by Crippen LogP contribution is -2.34. The number of ether oxygens (including phenoxy) is 1. The van der Waals surface area contributed by atoms with Crippen LogP contribution in [0, 0.1) is 5.41 Å². The Labute approximate surface area is 238 Å². The highest BCUT2D eigenvalue weighted by Gasteiger charge is 2.37. The summed E-state index contributed by atoms with van der Waals surface area (Å²) in [5, 5.41) is 12.5. The molecule has 2 aromatic carbocycles. The maximum Gasteiger partial charge on any atom is 0.310 e. The number of amides is 1. The quantitative estimate of drug-likeness (QED) is 0.182. The third-order valence-electron chi connectivity index (χ3n) is 7.44. The average Bonchev–Trinajstić information content (AvgIpc) is 2.97. The Morgan fingerprint density at radius 3 is 2.35 bits per heavy atom. The van der Waals surface area contributed by atoms with Crippen LogP contribution in [0.1, 0.15) is 81.0 Å². The number of aryl methyl sites for hydroxylation is 2. The molecule has 0 atom stereocenters. The van der Waals surface area contributed by atoms with Crippen LogP contribution in [-0.2, 0) is 33.8 Å². The zero-order chi connectivity index (χ0) is 28.8. The van der Waals surface area contributed by atoms with Gasteiger partial charge in [-0.3, -0.25) is 14.6 Å². The first kappa shape index (κ1) is 30.8. The van der Waals surface area contributed by atoms with E-state index in [1.54, 1.807) is 19.9 Å². The molecule has 0 aliphatic heterocycles. The van der Waals surface area contributed by atoms with Crippen LogP contribution in [-0.4, -0.2) is 28.6 Å². The molecule has 0 bridgehead atoms. The van der Waals surface area contributed by atoms with E-state index in [4.69, 9.17) is 4.74 Å². The second-order valence-electron chi connectivity index (χ2n) is 10.2. The zero-order valence-electron chi connectivity index (χ0n) is 24.0. The summed E-state index contributed by atoms with van der Waals surface area (Å²) >= 11 is 0. The minimum absolute atomic E-state index is 0.0545. The van der Waals surface area contributed by atoms with Crippen LogP contribution in [0.2, 0.25) is 0 Å². The molecule has 0 unspecified atom stereocenters. The largest absolute Gasteiger partial charge is 0.481 e. The molecule has 1 amide bonds. The Kier molecular flexibility index (Phi) is 12.1. The Morgan fingerprint density at radius 1 is 0.925 bits per heavy atom. The first-order valence-corrected chi connectivity index (χ1v) is 14.3. The highest BCUT2D eigenvalue weighted by molar-refractivity contribution is 5.94. The van der Waals surface area contributed by atoms with Gasteiger partial charge in [-0.1, -0.05) is 69.3 Å². The summed E-state index contributed by atoms with van der Waals surface area (Å²) in [7, 11) is 0. The smallest absolute Gasteiger partial charge is 0.310 e. The standard InChI is InChI=1S/C34H42N2O4/c1-4-26-16-18-27(19-17-26)11-7-8-22-40-25-31-15-10-13-29(35-31)21-20-28-12-9-14-30(23-28)36-32(37)24-34(5-2,6-3)33(38)39/h9-10,12-21,23H,4-8,11,22,24-25H2,1-3H3,(H,36,37)(H,38,39)/b21-20+. The molecule has 0 spiro atoms. The average molecular weight is 543 g/mol. The van der Waals surface area contributed by atoms with E-state index in [2.05, 4.69) is 41.5 Å². The molecule has 3 rings (SSSR count). The van der Waals surface area contributed by atoms with Gasteiger partial charge in [0.2, 0.25) is 5.91 Å². The molecule has 0 aliphatic rings. The minimum atomic E-state index is -1.04. The van der Waals surface area contributed by atoms with Gasteiger partial charge in [-0.05, 0) is 85.6 Å². The third kappa shape index (κ3) is 9.45. The number of nitrogens with zero attached hydrogens (tertiary/aromatic N) is 1. The van der Waals surface area contributed by atoms with Crippen molar-refractivity contribution in [3.63, 3.8) is 0 Å². The Hall–Kier alpha value is -3.77. The summed E-state index contributed by atoms with van der Waals surface area (Å²) in [5.74, 6) is -1.23. The second-order valence-corrected chi connectivity index (χ2v) is 10.2. The number of hydrogen-bond acceptors (Lipinski definition) is 4. The first-order chi connectivity index (χ1) is 19.4. The van der Waals surface area contributed by atoms with Crippen LogP contribution in [0.3, 0.4) is 0 Å². The van der Waals surface area contributed by atoms with Crippen LogP contribution >= 0.6 is 0 Å². The van der Waals surface area contributed by atoms with Crippen molar-refractivity contribution in [1.29, 1.82) is 0 Å². The predicted octanol–water partition coefficient (Wildman–Crippen LogP) is 7.57. The van der Waals surface area contributed by atoms with Crippen LogP contribution < -0.4 is 5.32 Å². The van der Waals surface area contributed by atoms with Gasteiger partial charge in [-0.25, -0.2) is 0 Å². The number of anilines is 1. The summed E-state index contributed by atoms with van der Waals surface area (Å²) in [6.45, 7) is 6.96. The molecule has 0 aliphatic carbocycles. The highest BCUT2D eigenvalue weighted by atomic mass is 16.5. The second kappa shape index (κ2) is 15.7. The number of hydrogen-bond donors (Lipinski definition) is 2. The molecule has 2 N–H and O–H groups in total. The van der Waals surface area contributed by atoms with Crippen molar-refractivity contribution in [1.82, 2.24) is 4.98 Å². The molecule has 40 heavy (non-hydrogen) atoms. The van der Waals surface area contributed by atoms with Crippen molar-refractivity contribution >= 4 is 29.7 Å². The zero-order valence-corrected chi connectivity index (χ0v) is 24.0. The summed E-state index contributed by atoms with van der Waals surface area (Å²) in [4.78, 5) is 29.0. The van der Waals surface area contributed by atoms with Crippen molar-refractivity contribution in [3.8, 4) is 0 Å². The predicted molar refractivity (Wildman–Crippen MR) is 162 cm³/mol. The minimum Gasteiger partial charge on any atom is -0.481 e. The number of aromatic nitrogens is 1. The molecule has 1 aromatic heterocycles. The number of unbranched alkanes of at least 4 members (excludes halogenated alkanes) is 1. The monoisotopic (exact) mass is 542 g/mol. The molecule has 0 radical (unpaired) electrons. The molecule has 3 aromatic rings. The van der Waals surface area contributed by atoms with Gasteiger partial charge < -0.3 is 15.2 Å². The van der Waals surface area contributed by atoms with Crippen LogP contribution in [0.15, 0.2) is 66.7 Å². The Morgan fingerprint density at radius 2 is 1.65 bits per heavy atom. The molecule has 0 saturated carbocycles. The van der Waals surface area contributed by atoms with E-state index in [1.165, 1.54) is 11.1 Å². The number of aliphatic carboxylic acids is 1. The van der Waals surface area contributed by atoms with Gasteiger partial charge in [0.05, 0.1) is 23.4 Å². The fourth-order valence-corrected chi connectivity index (χ4v) is 4.62. The van der Waals surface area contributed by atoms with Crippen molar-refractivity contribution in [2.75, 3.05) is 11.9 Å². The van der Waals surface area contributed by atoms with E-state index in [0.717, 1.165) is 42.6 Å². The van der Waals surface area contributed by atoms with E-state index in [0.29, 0.717) is 31.7 Å². The summed E-state index contributed by atoms with van der Waals surface area (Å²) < 4.78 is 5.87. The Bertz CT molecular complexity index is 1260. The molecular formula is C34H42N2O4. The van der Waals surface area contributed by atoms with Gasteiger partial charge >= 0.3 is 5.97 Å². The van der Waals surface area contributed by atoms with Gasteiger partial charge in [0.1, 0.15) is 0 Å². The third-order valence-corrected chi connectivity index (χ3v) is 7.44. The van der Waals surface area contributed by atoms with Gasteiger partial charge in [0.25, 0.3) is 0 Å². The van der Waals surface area contributed by atoms with E-state index in [1.807, 2.05) is 48.6 Å². The van der Waals surface area contributed by atoms with Crippen molar-refractivity contribution in [2.45, 2.75) is 72.3 Å². The maximum absolute atomic E-state index is 12.6. The van der Waals surface area contributed by atoms with Crippen molar-refractivity contribution in [3.05, 3.63) is 94.8 Å². The van der Waals surface area contributed by atoms with Gasteiger partial charge in [0.15, 0.2) is 0 Å². The molecule has 1 heterocycles. The van der Waals surface area contributed by atoms with E-state index < -0.39 is 11.4 Å². The number of carboxylic acids is 1. The summed E-state index contributed by atoms with van der Waals surface area (Å²) in [6, 6.07) is 22.2. The van der Waals surface area contributed by atoms with Crippen LogP contribution in [0.4, 0.5) is 5.69 Å². The van der Waals surface area contributed by atoms with Crippen LogP contribution in [0.25, 0.3) is 12.2 Å². The molecule has 6 heteroatoms. The van der Waals surface area contributed by atoms with Gasteiger partial charge in [-0.15, -0.1) is 0 Å². The first-order valence-electron chi connectivity index (χ1n) is 14.3. The maximum atomic E-state index is 12.6. The van der Waals surface area contributed by atoms with Gasteiger partial charge in [-0.2, -0.15) is 0 Å². The number of rotatable bonds is 16. The lowest BCUT2D eigenvalue weighted by Gasteiger charge is -2.25. The van der Waals surface area contributed by atoms with Crippen molar-refractivity contribution < 1.29 is 19.4 Å². The lowest BCUT2D eigenvalue weighted by atomic mass is 9.79. The lowest BCUT2D eigenvalue weighted by molar-refractivity contribution is -0.151. The Balaban J connectivity index is 1.46. The highest BCUT2D eigenvalue weighted by Crippen LogP contribution is 2.31. The molecule has 6 nitrogen and oxygen atoms in total. The van der Waals surface area contributed by atoms with E-state index >= 15 is 0 Å².